The Morgan fingerprint density at radius 1 is 1.10 bits per heavy atom. The SMILES string of the molecule is COc1cccc(CN2CCC3(CC2)CCN(C(C)=O)CC3)c1.O=C(O)C(F)(F)F. The molecule has 1 amide bonds. The molecule has 1 spiro atoms. The first-order chi connectivity index (χ1) is 14.0. The molecule has 0 radical (unpaired) electrons. The summed E-state index contributed by atoms with van der Waals surface area (Å²) in [5.74, 6) is -1.59. The molecule has 0 aromatic heterocycles. The number of carboxylic acids is 1. The van der Waals surface area contributed by atoms with Gasteiger partial charge in [0.25, 0.3) is 0 Å². The number of likely N-dealkylation sites (tertiary alicyclic amines) is 2. The highest BCUT2D eigenvalue weighted by atomic mass is 19.4. The number of rotatable bonds is 3. The van der Waals surface area contributed by atoms with E-state index in [1.165, 1.54) is 31.2 Å². The van der Waals surface area contributed by atoms with Gasteiger partial charge in [0.15, 0.2) is 0 Å². The summed E-state index contributed by atoms with van der Waals surface area (Å²) in [4.78, 5) is 24.9. The van der Waals surface area contributed by atoms with Crippen LogP contribution in [-0.2, 0) is 16.1 Å². The summed E-state index contributed by atoms with van der Waals surface area (Å²) < 4.78 is 37.0. The van der Waals surface area contributed by atoms with E-state index in [1.807, 2.05) is 11.0 Å². The van der Waals surface area contributed by atoms with Crippen molar-refractivity contribution >= 4 is 11.9 Å². The summed E-state index contributed by atoms with van der Waals surface area (Å²) in [6, 6.07) is 8.38. The van der Waals surface area contributed by atoms with Gasteiger partial charge in [-0.15, -0.1) is 0 Å². The molecule has 6 nitrogen and oxygen atoms in total. The number of halogens is 3. The zero-order valence-electron chi connectivity index (χ0n) is 17.4. The topological polar surface area (TPSA) is 70.1 Å². The summed E-state index contributed by atoms with van der Waals surface area (Å²) in [6.07, 6.45) is -0.190. The molecule has 0 aliphatic carbocycles. The Kier molecular flexibility index (Phi) is 8.11. The minimum absolute atomic E-state index is 0.232. The zero-order chi connectivity index (χ0) is 22.4. The highest BCUT2D eigenvalue weighted by Crippen LogP contribution is 2.41. The molecule has 0 atom stereocenters. The number of benzene rings is 1. The van der Waals surface area contributed by atoms with Gasteiger partial charge >= 0.3 is 12.1 Å². The molecular formula is C21H29F3N2O4. The third-order valence-electron chi connectivity index (χ3n) is 5.97. The Bertz CT molecular complexity index is 721. The van der Waals surface area contributed by atoms with Crippen LogP contribution in [0.15, 0.2) is 24.3 Å². The lowest BCUT2D eigenvalue weighted by Crippen LogP contribution is -2.47. The first kappa shape index (κ1) is 24.0. The number of carbonyl (C=O) groups is 2. The van der Waals surface area contributed by atoms with Gasteiger partial charge in [-0.2, -0.15) is 13.2 Å². The van der Waals surface area contributed by atoms with Gasteiger partial charge in [0.2, 0.25) is 5.91 Å². The Hall–Kier alpha value is -2.29. The zero-order valence-corrected chi connectivity index (χ0v) is 17.4. The molecule has 0 bridgehead atoms. The van der Waals surface area contributed by atoms with E-state index in [0.717, 1.165) is 38.5 Å². The second-order valence-electron chi connectivity index (χ2n) is 7.94. The maximum atomic E-state index is 11.5. The number of hydrogen-bond donors (Lipinski definition) is 1. The summed E-state index contributed by atoms with van der Waals surface area (Å²) in [6.45, 7) is 6.92. The van der Waals surface area contributed by atoms with Crippen LogP contribution in [0.2, 0.25) is 0 Å². The van der Waals surface area contributed by atoms with Crippen molar-refractivity contribution in [3.05, 3.63) is 29.8 Å². The molecule has 1 aromatic rings. The number of methoxy groups -OCH3 is 1. The monoisotopic (exact) mass is 430 g/mol. The van der Waals surface area contributed by atoms with Crippen LogP contribution < -0.4 is 4.74 Å². The fourth-order valence-electron chi connectivity index (χ4n) is 4.01. The summed E-state index contributed by atoms with van der Waals surface area (Å²) in [5.41, 5.74) is 1.81. The minimum atomic E-state index is -5.08. The summed E-state index contributed by atoms with van der Waals surface area (Å²) in [7, 11) is 1.72. The van der Waals surface area contributed by atoms with Crippen molar-refractivity contribution in [1.82, 2.24) is 9.80 Å². The lowest BCUT2D eigenvalue weighted by atomic mass is 9.71. The van der Waals surface area contributed by atoms with E-state index < -0.39 is 12.1 Å². The van der Waals surface area contributed by atoms with E-state index in [1.54, 1.807) is 14.0 Å². The standard InChI is InChI=1S/C19H28N2O2.C2HF3O2/c1-16(22)21-12-8-19(9-13-21)6-10-20(11-7-19)15-17-4-3-5-18(14-17)23-2;3-2(4,5)1(6)7/h3-5,14H,6-13,15H2,1-2H3;(H,6,7). The third-order valence-corrected chi connectivity index (χ3v) is 5.97. The number of ether oxygens (including phenoxy) is 1. The van der Waals surface area contributed by atoms with Crippen LogP contribution in [0.3, 0.4) is 0 Å². The molecule has 3 rings (SSSR count). The van der Waals surface area contributed by atoms with Gasteiger partial charge in [-0.3, -0.25) is 9.69 Å². The molecule has 1 N–H and O–H groups in total. The minimum Gasteiger partial charge on any atom is -0.497 e. The van der Waals surface area contributed by atoms with E-state index in [4.69, 9.17) is 14.6 Å². The number of amides is 1. The molecule has 2 saturated heterocycles. The Balaban J connectivity index is 0.000000396. The number of carbonyl (C=O) groups excluding carboxylic acids is 1. The molecule has 30 heavy (non-hydrogen) atoms. The van der Waals surface area contributed by atoms with Crippen molar-refractivity contribution in [2.45, 2.75) is 45.3 Å². The molecule has 2 fully saturated rings. The maximum Gasteiger partial charge on any atom is 0.490 e. The normalized spacial score (nSPS) is 19.0. The number of carboxylic acid groups (broad SMARTS) is 1. The third kappa shape index (κ3) is 6.90. The number of nitrogens with zero attached hydrogens (tertiary/aromatic N) is 2. The second kappa shape index (κ2) is 10.1. The fraction of sp³-hybridized carbons (Fsp3) is 0.619. The van der Waals surface area contributed by atoms with Gasteiger partial charge in [-0.05, 0) is 61.9 Å². The van der Waals surface area contributed by atoms with E-state index in [-0.39, 0.29) is 5.91 Å². The second-order valence-corrected chi connectivity index (χ2v) is 7.94. The fourth-order valence-corrected chi connectivity index (χ4v) is 4.01. The predicted octanol–water partition coefficient (Wildman–Crippen LogP) is 3.55. The smallest absolute Gasteiger partial charge is 0.490 e. The molecule has 2 aliphatic rings. The van der Waals surface area contributed by atoms with Crippen molar-refractivity contribution in [3.63, 3.8) is 0 Å². The Morgan fingerprint density at radius 2 is 1.63 bits per heavy atom. The lowest BCUT2D eigenvalue weighted by molar-refractivity contribution is -0.192. The van der Waals surface area contributed by atoms with Gasteiger partial charge in [-0.1, -0.05) is 12.1 Å². The summed E-state index contributed by atoms with van der Waals surface area (Å²) >= 11 is 0. The number of alkyl halides is 3. The summed E-state index contributed by atoms with van der Waals surface area (Å²) in [5, 5.41) is 7.12. The van der Waals surface area contributed by atoms with E-state index in [9.17, 15) is 18.0 Å². The van der Waals surface area contributed by atoms with Crippen molar-refractivity contribution in [3.8, 4) is 5.75 Å². The molecule has 0 unspecified atom stereocenters. The van der Waals surface area contributed by atoms with Crippen LogP contribution in [0.25, 0.3) is 0 Å². The molecule has 0 saturated carbocycles. The number of hydrogen-bond acceptors (Lipinski definition) is 4. The highest BCUT2D eigenvalue weighted by molar-refractivity contribution is 5.73. The molecule has 168 valence electrons. The van der Waals surface area contributed by atoms with Crippen LogP contribution in [0.4, 0.5) is 13.2 Å². The van der Waals surface area contributed by atoms with Gasteiger partial charge in [0.1, 0.15) is 5.75 Å². The van der Waals surface area contributed by atoms with Crippen LogP contribution in [0.5, 0.6) is 5.75 Å². The Labute approximate surface area is 174 Å². The van der Waals surface area contributed by atoms with Crippen LogP contribution in [0, 0.1) is 5.41 Å². The first-order valence-electron chi connectivity index (χ1n) is 9.96. The number of piperidine rings is 2. The molecular weight excluding hydrogens is 401 g/mol. The number of aliphatic carboxylic acids is 1. The molecule has 9 heteroatoms. The Morgan fingerprint density at radius 3 is 2.10 bits per heavy atom. The van der Waals surface area contributed by atoms with Gasteiger partial charge in [0, 0.05) is 26.6 Å². The van der Waals surface area contributed by atoms with E-state index in [0.29, 0.717) is 5.41 Å². The predicted molar refractivity (Wildman–Crippen MR) is 105 cm³/mol. The van der Waals surface area contributed by atoms with Crippen molar-refractivity contribution < 1.29 is 32.6 Å². The maximum absolute atomic E-state index is 11.5. The van der Waals surface area contributed by atoms with E-state index >= 15 is 0 Å². The van der Waals surface area contributed by atoms with Crippen molar-refractivity contribution in [1.29, 1.82) is 0 Å². The van der Waals surface area contributed by atoms with Crippen molar-refractivity contribution in [2.24, 2.45) is 5.41 Å². The molecule has 2 aliphatic heterocycles. The molecule has 1 aromatic carbocycles. The average molecular weight is 430 g/mol. The first-order valence-corrected chi connectivity index (χ1v) is 9.96. The quantitative estimate of drug-likeness (QED) is 0.794. The largest absolute Gasteiger partial charge is 0.497 e. The van der Waals surface area contributed by atoms with Gasteiger partial charge in [0.05, 0.1) is 7.11 Å². The van der Waals surface area contributed by atoms with E-state index in [2.05, 4.69) is 23.1 Å². The van der Waals surface area contributed by atoms with Crippen LogP contribution in [-0.4, -0.2) is 66.2 Å². The van der Waals surface area contributed by atoms with Crippen molar-refractivity contribution in [2.75, 3.05) is 33.3 Å². The lowest BCUT2D eigenvalue weighted by Gasteiger charge is -2.46. The average Bonchev–Trinajstić information content (AvgIpc) is 2.70. The van der Waals surface area contributed by atoms with Gasteiger partial charge < -0.3 is 14.7 Å². The molecule has 2 heterocycles. The van der Waals surface area contributed by atoms with Gasteiger partial charge in [-0.25, -0.2) is 4.79 Å². The van der Waals surface area contributed by atoms with Crippen LogP contribution >= 0.6 is 0 Å². The highest BCUT2D eigenvalue weighted by Gasteiger charge is 2.38. The van der Waals surface area contributed by atoms with Crippen LogP contribution in [0.1, 0.15) is 38.2 Å².